The van der Waals surface area contributed by atoms with Crippen LogP contribution in [0.15, 0.2) is 51.8 Å². The minimum absolute atomic E-state index is 0.123. The van der Waals surface area contributed by atoms with Gasteiger partial charge in [-0.05, 0) is 30.0 Å². The fourth-order valence-electron chi connectivity index (χ4n) is 2.52. The van der Waals surface area contributed by atoms with Gasteiger partial charge in [0.2, 0.25) is 0 Å². The van der Waals surface area contributed by atoms with Gasteiger partial charge in [0.25, 0.3) is 11.1 Å². The fourth-order valence-corrected chi connectivity index (χ4v) is 3.24. The van der Waals surface area contributed by atoms with Crippen molar-refractivity contribution in [2.24, 2.45) is 0 Å². The first-order chi connectivity index (χ1) is 11.1. The van der Waals surface area contributed by atoms with Crippen molar-refractivity contribution in [1.29, 1.82) is 0 Å². The first-order valence-electron chi connectivity index (χ1n) is 7.03. The number of rotatable bonds is 2. The number of hydrogen-bond donors (Lipinski definition) is 0. The van der Waals surface area contributed by atoms with Gasteiger partial charge in [-0.2, -0.15) is 0 Å². The van der Waals surface area contributed by atoms with E-state index in [-0.39, 0.29) is 17.7 Å². The Bertz CT molecular complexity index is 1160. The van der Waals surface area contributed by atoms with Crippen LogP contribution in [-0.4, -0.2) is 18.9 Å². The number of fused-ring (bicyclic) bond motifs is 2. The molecule has 0 saturated carbocycles. The van der Waals surface area contributed by atoms with E-state index in [9.17, 15) is 9.59 Å². The normalized spacial score (nSPS) is 11.3. The third kappa shape index (κ3) is 2.35. The largest absolute Gasteiger partial charge is 0.293 e. The third-order valence-corrected chi connectivity index (χ3v) is 4.46. The average molecular weight is 324 g/mol. The molecule has 0 N–H and O–H groups in total. The van der Waals surface area contributed by atoms with E-state index in [1.54, 1.807) is 18.3 Å². The highest BCUT2D eigenvalue weighted by atomic mass is 32.1. The molecule has 0 unspecified atom stereocenters. The molecule has 0 bridgehead atoms. The van der Waals surface area contributed by atoms with Crippen LogP contribution in [0.3, 0.4) is 0 Å². The van der Waals surface area contributed by atoms with Gasteiger partial charge >= 0.3 is 0 Å². The highest BCUT2D eigenvalue weighted by molar-refractivity contribution is 7.16. The van der Waals surface area contributed by atoms with Crippen molar-refractivity contribution in [3.05, 3.63) is 74.1 Å². The van der Waals surface area contributed by atoms with Gasteiger partial charge in [0.05, 0.1) is 24.0 Å². The second-order valence-electron chi connectivity index (χ2n) is 5.34. The Morgan fingerprint density at radius 3 is 2.96 bits per heavy atom. The molecule has 4 heterocycles. The minimum Gasteiger partial charge on any atom is -0.293 e. The molecule has 0 spiro atoms. The molecule has 0 atom stereocenters. The van der Waals surface area contributed by atoms with Gasteiger partial charge < -0.3 is 0 Å². The van der Waals surface area contributed by atoms with Crippen LogP contribution in [0, 0.1) is 6.92 Å². The molecule has 0 fully saturated rings. The highest BCUT2D eigenvalue weighted by Crippen LogP contribution is 2.13. The lowest BCUT2D eigenvalue weighted by molar-refractivity contribution is 0.727. The van der Waals surface area contributed by atoms with E-state index >= 15 is 0 Å². The second kappa shape index (κ2) is 5.13. The number of aromatic nitrogens is 4. The summed E-state index contributed by atoms with van der Waals surface area (Å²) in [5.74, 6) is 0. The summed E-state index contributed by atoms with van der Waals surface area (Å²) < 4.78 is 2.98. The summed E-state index contributed by atoms with van der Waals surface area (Å²) >= 11 is 1.43. The van der Waals surface area contributed by atoms with Crippen LogP contribution in [0.1, 0.15) is 11.3 Å². The predicted octanol–water partition coefficient (Wildman–Crippen LogP) is 1.82. The molecule has 4 rings (SSSR count). The van der Waals surface area contributed by atoms with Gasteiger partial charge in [0.15, 0.2) is 0 Å². The zero-order chi connectivity index (χ0) is 16.0. The van der Waals surface area contributed by atoms with Gasteiger partial charge in [-0.25, -0.2) is 9.97 Å². The number of nitrogens with zero attached hydrogens (tertiary/aromatic N) is 4. The Morgan fingerprint density at radius 1 is 1.22 bits per heavy atom. The van der Waals surface area contributed by atoms with Gasteiger partial charge in [-0.15, -0.1) is 11.3 Å². The molecule has 0 aliphatic heterocycles. The summed E-state index contributed by atoms with van der Waals surface area (Å²) in [4.78, 5) is 34.1. The maximum Gasteiger partial charge on any atom is 0.262 e. The van der Waals surface area contributed by atoms with Crippen LogP contribution in [0.4, 0.5) is 0 Å². The van der Waals surface area contributed by atoms with E-state index in [4.69, 9.17) is 0 Å². The molecule has 0 amide bonds. The molecule has 4 aromatic rings. The van der Waals surface area contributed by atoms with E-state index in [2.05, 4.69) is 9.97 Å². The number of aryl methyl sites for hydroxylation is 1. The lowest BCUT2D eigenvalue weighted by Crippen LogP contribution is -2.23. The maximum absolute atomic E-state index is 12.4. The lowest BCUT2D eigenvalue weighted by Gasteiger charge is -2.07. The van der Waals surface area contributed by atoms with Crippen molar-refractivity contribution in [3.63, 3.8) is 0 Å². The van der Waals surface area contributed by atoms with Crippen molar-refractivity contribution in [3.8, 4) is 0 Å². The van der Waals surface area contributed by atoms with Crippen LogP contribution in [0.2, 0.25) is 0 Å². The first-order valence-corrected chi connectivity index (χ1v) is 7.91. The van der Waals surface area contributed by atoms with Crippen molar-refractivity contribution in [2.45, 2.75) is 13.5 Å². The van der Waals surface area contributed by atoms with Crippen molar-refractivity contribution in [2.75, 3.05) is 0 Å². The Labute approximate surface area is 134 Å². The average Bonchev–Trinajstić information content (AvgIpc) is 3.00. The zero-order valence-corrected chi connectivity index (χ0v) is 13.1. The van der Waals surface area contributed by atoms with E-state index in [0.29, 0.717) is 21.6 Å². The Balaban J connectivity index is 1.83. The summed E-state index contributed by atoms with van der Waals surface area (Å²) in [7, 11) is 0. The number of hydrogen-bond acceptors (Lipinski definition) is 5. The van der Waals surface area contributed by atoms with Crippen LogP contribution >= 0.6 is 11.3 Å². The molecule has 6 nitrogen and oxygen atoms in total. The first kappa shape index (κ1) is 13.8. The predicted molar refractivity (Wildman–Crippen MR) is 89.2 cm³/mol. The standard InChI is InChI=1S/C16H12N4O2S/c1-10-2-3-13-18-11(6-14(21)20(13)7-10)8-19-9-17-15-12(16(19)22)4-5-23-15/h2-7,9H,8H2,1H3. The van der Waals surface area contributed by atoms with E-state index in [1.165, 1.54) is 32.7 Å². The topological polar surface area (TPSA) is 69.3 Å². The molecule has 7 heteroatoms. The summed E-state index contributed by atoms with van der Waals surface area (Å²) in [5, 5.41) is 2.43. The zero-order valence-electron chi connectivity index (χ0n) is 12.3. The van der Waals surface area contributed by atoms with E-state index < -0.39 is 0 Å². The van der Waals surface area contributed by atoms with Crippen LogP contribution in [0.25, 0.3) is 15.9 Å². The lowest BCUT2D eigenvalue weighted by atomic mass is 10.3. The maximum atomic E-state index is 12.4. The molecule has 4 aromatic heterocycles. The van der Waals surface area contributed by atoms with Gasteiger partial charge in [0, 0.05) is 12.3 Å². The molecule has 114 valence electrons. The van der Waals surface area contributed by atoms with Crippen molar-refractivity contribution < 1.29 is 0 Å². The SMILES string of the molecule is Cc1ccc2nc(Cn3cnc4sccc4c3=O)cc(=O)n2c1. The molecule has 0 aliphatic carbocycles. The van der Waals surface area contributed by atoms with Gasteiger partial charge in [0.1, 0.15) is 10.5 Å². The van der Waals surface area contributed by atoms with E-state index in [0.717, 1.165) is 5.56 Å². The molecule has 0 aromatic carbocycles. The quantitative estimate of drug-likeness (QED) is 0.564. The Hall–Kier alpha value is -2.80. The molecule has 0 aliphatic rings. The number of pyridine rings is 1. The van der Waals surface area contributed by atoms with E-state index in [1.807, 2.05) is 18.4 Å². The molecule has 0 radical (unpaired) electrons. The van der Waals surface area contributed by atoms with Crippen LogP contribution < -0.4 is 11.1 Å². The van der Waals surface area contributed by atoms with Crippen molar-refractivity contribution in [1.82, 2.24) is 18.9 Å². The molecule has 23 heavy (non-hydrogen) atoms. The summed E-state index contributed by atoms with van der Waals surface area (Å²) in [5.41, 5.74) is 1.80. The number of thiophene rings is 1. The summed E-state index contributed by atoms with van der Waals surface area (Å²) in [6.45, 7) is 2.14. The second-order valence-corrected chi connectivity index (χ2v) is 6.23. The molecular weight excluding hydrogens is 312 g/mol. The summed E-state index contributed by atoms with van der Waals surface area (Å²) in [6.07, 6.45) is 3.25. The summed E-state index contributed by atoms with van der Waals surface area (Å²) in [6, 6.07) is 6.91. The third-order valence-electron chi connectivity index (χ3n) is 3.64. The van der Waals surface area contributed by atoms with Crippen molar-refractivity contribution >= 4 is 27.2 Å². The molecular formula is C16H12N4O2S. The van der Waals surface area contributed by atoms with Gasteiger partial charge in [-0.3, -0.25) is 18.6 Å². The Morgan fingerprint density at radius 2 is 2.09 bits per heavy atom. The molecule has 0 saturated heterocycles. The van der Waals surface area contributed by atoms with Gasteiger partial charge in [-0.1, -0.05) is 6.07 Å². The van der Waals surface area contributed by atoms with Crippen LogP contribution in [-0.2, 0) is 6.54 Å². The smallest absolute Gasteiger partial charge is 0.262 e. The fraction of sp³-hybridized carbons (Fsp3) is 0.125. The minimum atomic E-state index is -0.161. The monoisotopic (exact) mass is 324 g/mol. The van der Waals surface area contributed by atoms with Crippen LogP contribution in [0.5, 0.6) is 0 Å². The highest BCUT2D eigenvalue weighted by Gasteiger charge is 2.08. The Kier molecular flexibility index (Phi) is 3.09.